The molecule has 32 heavy (non-hydrogen) atoms. The van der Waals surface area contributed by atoms with Gasteiger partial charge in [-0.1, -0.05) is 47.6 Å². The Kier molecular flexibility index (Phi) is 8.30. The standard InChI is InChI=1S/C23H25ClN4O3S/c1-4-28-21(14-31-20-11-9-19(24)10-12-20)26-27-23(28)32-16(3)22(30)25-13-17-5-7-18(8-6-17)15(2)29/h5-12,16H,4,13-14H2,1-3H3,(H,25,30). The van der Waals surface area contributed by atoms with E-state index in [1.165, 1.54) is 18.7 Å². The number of thioether (sulfide) groups is 1. The molecule has 0 radical (unpaired) electrons. The third-order valence-corrected chi connectivity index (χ3v) is 6.10. The minimum Gasteiger partial charge on any atom is -0.486 e. The van der Waals surface area contributed by atoms with E-state index in [1.54, 1.807) is 36.4 Å². The monoisotopic (exact) mass is 472 g/mol. The molecule has 0 aliphatic heterocycles. The Morgan fingerprint density at radius 1 is 1.12 bits per heavy atom. The number of hydrogen-bond donors (Lipinski definition) is 1. The van der Waals surface area contributed by atoms with Gasteiger partial charge in [-0.15, -0.1) is 10.2 Å². The first-order valence-corrected chi connectivity index (χ1v) is 11.5. The van der Waals surface area contributed by atoms with E-state index in [4.69, 9.17) is 16.3 Å². The van der Waals surface area contributed by atoms with E-state index in [9.17, 15) is 9.59 Å². The van der Waals surface area contributed by atoms with Gasteiger partial charge >= 0.3 is 0 Å². The number of carbonyl (C=O) groups is 2. The Morgan fingerprint density at radius 3 is 2.44 bits per heavy atom. The molecule has 0 fully saturated rings. The van der Waals surface area contributed by atoms with Crippen molar-refractivity contribution in [1.29, 1.82) is 0 Å². The molecule has 0 spiro atoms. The van der Waals surface area contributed by atoms with Gasteiger partial charge in [-0.3, -0.25) is 9.59 Å². The van der Waals surface area contributed by atoms with Crippen molar-refractivity contribution in [3.05, 3.63) is 70.5 Å². The summed E-state index contributed by atoms with van der Waals surface area (Å²) in [6.45, 7) is 6.67. The third-order valence-electron chi connectivity index (χ3n) is 4.77. The fourth-order valence-electron chi connectivity index (χ4n) is 2.91. The van der Waals surface area contributed by atoms with Crippen LogP contribution in [0.25, 0.3) is 0 Å². The van der Waals surface area contributed by atoms with Crippen molar-refractivity contribution >= 4 is 35.1 Å². The van der Waals surface area contributed by atoms with E-state index in [1.807, 2.05) is 30.5 Å². The minimum absolute atomic E-state index is 0.0172. The molecule has 3 rings (SSSR count). The highest BCUT2D eigenvalue weighted by molar-refractivity contribution is 8.00. The average molecular weight is 473 g/mol. The summed E-state index contributed by atoms with van der Waals surface area (Å²) in [7, 11) is 0. The number of nitrogens with zero attached hydrogens (tertiary/aromatic N) is 3. The van der Waals surface area contributed by atoms with Crippen molar-refractivity contribution in [1.82, 2.24) is 20.1 Å². The molecule has 2 aromatic carbocycles. The second kappa shape index (κ2) is 11.2. The molecule has 0 bridgehead atoms. The van der Waals surface area contributed by atoms with Crippen molar-refractivity contribution in [2.75, 3.05) is 0 Å². The van der Waals surface area contributed by atoms with Crippen molar-refractivity contribution in [2.24, 2.45) is 0 Å². The number of nitrogens with one attached hydrogen (secondary N) is 1. The van der Waals surface area contributed by atoms with Crippen molar-refractivity contribution < 1.29 is 14.3 Å². The zero-order valence-corrected chi connectivity index (χ0v) is 19.7. The molecule has 1 amide bonds. The van der Waals surface area contributed by atoms with Gasteiger partial charge in [-0.2, -0.15) is 0 Å². The lowest BCUT2D eigenvalue weighted by Crippen LogP contribution is -2.30. The van der Waals surface area contributed by atoms with Crippen molar-refractivity contribution in [3.8, 4) is 5.75 Å². The van der Waals surface area contributed by atoms with E-state index in [-0.39, 0.29) is 23.5 Å². The van der Waals surface area contributed by atoms with Crippen LogP contribution in [0.1, 0.15) is 42.5 Å². The van der Waals surface area contributed by atoms with Crippen LogP contribution in [-0.2, 0) is 24.5 Å². The predicted molar refractivity (Wildman–Crippen MR) is 125 cm³/mol. The number of amides is 1. The third kappa shape index (κ3) is 6.34. The fraction of sp³-hybridized carbons (Fsp3) is 0.304. The Balaban J connectivity index is 1.55. The lowest BCUT2D eigenvalue weighted by molar-refractivity contribution is -0.120. The van der Waals surface area contributed by atoms with Gasteiger partial charge < -0.3 is 14.6 Å². The van der Waals surface area contributed by atoms with E-state index < -0.39 is 0 Å². The lowest BCUT2D eigenvalue weighted by atomic mass is 10.1. The molecule has 9 heteroatoms. The molecule has 7 nitrogen and oxygen atoms in total. The number of ether oxygens (including phenoxy) is 1. The average Bonchev–Trinajstić information content (AvgIpc) is 3.18. The van der Waals surface area contributed by atoms with Crippen LogP contribution in [0.4, 0.5) is 0 Å². The van der Waals surface area contributed by atoms with Gasteiger partial charge in [-0.25, -0.2) is 0 Å². The van der Waals surface area contributed by atoms with Crippen molar-refractivity contribution in [3.63, 3.8) is 0 Å². The SMILES string of the molecule is CCn1c(COc2ccc(Cl)cc2)nnc1SC(C)C(=O)NCc1ccc(C(C)=O)cc1. The Bertz CT molecular complexity index is 1070. The summed E-state index contributed by atoms with van der Waals surface area (Å²) >= 11 is 7.25. The number of benzene rings is 2. The molecule has 0 aliphatic rings. The number of hydrogen-bond acceptors (Lipinski definition) is 6. The summed E-state index contributed by atoms with van der Waals surface area (Å²) in [6, 6.07) is 14.3. The Labute approximate surface area is 196 Å². The summed E-state index contributed by atoms with van der Waals surface area (Å²) in [5.74, 6) is 1.29. The van der Waals surface area contributed by atoms with E-state index in [0.717, 1.165) is 5.56 Å². The first kappa shape index (κ1) is 23.8. The van der Waals surface area contributed by atoms with E-state index >= 15 is 0 Å². The van der Waals surface area contributed by atoms with Crippen LogP contribution in [0, 0.1) is 0 Å². The van der Waals surface area contributed by atoms with Gasteiger partial charge in [-0.05, 0) is 50.6 Å². The molecule has 0 saturated heterocycles. The second-order valence-corrected chi connectivity index (χ2v) is 8.86. The zero-order chi connectivity index (χ0) is 23.1. The zero-order valence-electron chi connectivity index (χ0n) is 18.2. The number of aromatic nitrogens is 3. The molecule has 1 aromatic heterocycles. The molecule has 0 saturated carbocycles. The number of ketones is 1. The molecule has 1 atom stereocenters. The summed E-state index contributed by atoms with van der Waals surface area (Å²) in [4.78, 5) is 23.9. The van der Waals surface area contributed by atoms with E-state index in [2.05, 4.69) is 15.5 Å². The maximum atomic E-state index is 12.6. The number of Topliss-reactive ketones (excluding diaryl/α,β-unsaturated/α-hetero) is 1. The maximum absolute atomic E-state index is 12.6. The topological polar surface area (TPSA) is 86.1 Å². The van der Waals surface area contributed by atoms with Crippen LogP contribution < -0.4 is 10.1 Å². The normalized spacial score (nSPS) is 11.8. The highest BCUT2D eigenvalue weighted by atomic mass is 35.5. The number of halogens is 1. The van der Waals surface area contributed by atoms with Crippen LogP contribution in [0.3, 0.4) is 0 Å². The summed E-state index contributed by atoms with van der Waals surface area (Å²) in [5.41, 5.74) is 1.58. The first-order chi connectivity index (χ1) is 15.4. The molecule has 3 aromatic rings. The largest absolute Gasteiger partial charge is 0.486 e. The molecule has 1 heterocycles. The van der Waals surface area contributed by atoms with Gasteiger partial charge in [0.25, 0.3) is 0 Å². The smallest absolute Gasteiger partial charge is 0.233 e. The Morgan fingerprint density at radius 2 is 1.81 bits per heavy atom. The van der Waals surface area contributed by atoms with Crippen molar-refractivity contribution in [2.45, 2.75) is 50.9 Å². The highest BCUT2D eigenvalue weighted by Gasteiger charge is 2.20. The number of carbonyl (C=O) groups excluding carboxylic acids is 2. The van der Waals surface area contributed by atoms with Crippen LogP contribution in [0.5, 0.6) is 5.75 Å². The van der Waals surface area contributed by atoms with Gasteiger partial charge in [0, 0.05) is 23.7 Å². The minimum atomic E-state index is -0.356. The molecule has 0 aliphatic carbocycles. The lowest BCUT2D eigenvalue weighted by Gasteiger charge is -2.13. The first-order valence-electron chi connectivity index (χ1n) is 10.2. The molecular formula is C23H25ClN4O3S. The number of rotatable bonds is 10. The van der Waals surface area contributed by atoms with Crippen LogP contribution >= 0.6 is 23.4 Å². The van der Waals surface area contributed by atoms with Crippen LogP contribution in [0.15, 0.2) is 53.7 Å². The summed E-state index contributed by atoms with van der Waals surface area (Å²) in [6.07, 6.45) is 0. The molecule has 1 N–H and O–H groups in total. The summed E-state index contributed by atoms with van der Waals surface area (Å²) < 4.78 is 7.71. The van der Waals surface area contributed by atoms with Gasteiger partial charge in [0.1, 0.15) is 12.4 Å². The van der Waals surface area contributed by atoms with Gasteiger partial charge in [0.05, 0.1) is 5.25 Å². The van der Waals surface area contributed by atoms with E-state index in [0.29, 0.717) is 40.4 Å². The predicted octanol–water partition coefficient (Wildman–Crippen LogP) is 4.53. The molecule has 168 valence electrons. The fourth-order valence-corrected chi connectivity index (χ4v) is 3.99. The van der Waals surface area contributed by atoms with Crippen LogP contribution in [-0.4, -0.2) is 31.7 Å². The van der Waals surface area contributed by atoms with Crippen LogP contribution in [0.2, 0.25) is 5.02 Å². The maximum Gasteiger partial charge on any atom is 0.233 e. The summed E-state index contributed by atoms with van der Waals surface area (Å²) in [5, 5.41) is 12.4. The van der Waals surface area contributed by atoms with Gasteiger partial charge in [0.2, 0.25) is 5.91 Å². The van der Waals surface area contributed by atoms with Gasteiger partial charge in [0.15, 0.2) is 16.8 Å². The second-order valence-electron chi connectivity index (χ2n) is 7.12. The molecule has 1 unspecified atom stereocenters. The molecular weight excluding hydrogens is 448 g/mol. The highest BCUT2D eigenvalue weighted by Crippen LogP contribution is 2.23. The quantitative estimate of drug-likeness (QED) is 0.344. The Hall–Kier alpha value is -2.84.